The average Bonchev–Trinajstić information content (AvgIpc) is 2.78. The number of nitrogens with one attached hydrogen (secondary N) is 1. The molecule has 106 valence electrons. The summed E-state index contributed by atoms with van der Waals surface area (Å²) in [4.78, 5) is 13.8. The summed E-state index contributed by atoms with van der Waals surface area (Å²) >= 11 is 0. The van der Waals surface area contributed by atoms with Crippen molar-refractivity contribution in [3.63, 3.8) is 0 Å². The third-order valence-electron chi connectivity index (χ3n) is 4.44. The molecule has 0 spiro atoms. The third-order valence-corrected chi connectivity index (χ3v) is 4.44. The van der Waals surface area contributed by atoms with E-state index in [1.54, 1.807) is 0 Å². The fourth-order valence-electron chi connectivity index (χ4n) is 2.84. The smallest absolute Gasteiger partial charge is 0.235 e. The van der Waals surface area contributed by atoms with Crippen molar-refractivity contribution in [3.05, 3.63) is 0 Å². The number of amides is 1. The first-order valence-corrected chi connectivity index (χ1v) is 7.32. The lowest BCUT2D eigenvalue weighted by molar-refractivity contribution is -0.120. The van der Waals surface area contributed by atoms with Crippen LogP contribution < -0.4 is 11.1 Å². The molecule has 3 N–H and O–H groups in total. The highest BCUT2D eigenvalue weighted by Crippen LogP contribution is 2.36. The Kier molecular flexibility index (Phi) is 6.09. The van der Waals surface area contributed by atoms with Crippen LogP contribution in [0.4, 0.5) is 0 Å². The Morgan fingerprint density at radius 1 is 1.39 bits per heavy atom. The summed E-state index contributed by atoms with van der Waals surface area (Å²) in [5.41, 5.74) is 5.93. The van der Waals surface area contributed by atoms with Crippen LogP contribution in [0.1, 0.15) is 46.5 Å². The number of primary amides is 1. The highest BCUT2D eigenvalue weighted by molar-refractivity contribution is 5.80. The first-order valence-electron chi connectivity index (χ1n) is 7.32. The van der Waals surface area contributed by atoms with Gasteiger partial charge < -0.3 is 16.0 Å². The van der Waals surface area contributed by atoms with E-state index in [1.165, 1.54) is 19.3 Å². The predicted octanol–water partition coefficient (Wildman–Crippen LogP) is 1.35. The quantitative estimate of drug-likeness (QED) is 0.688. The van der Waals surface area contributed by atoms with E-state index >= 15 is 0 Å². The second kappa shape index (κ2) is 7.10. The first kappa shape index (κ1) is 15.4. The van der Waals surface area contributed by atoms with Crippen LogP contribution in [0.5, 0.6) is 0 Å². The molecule has 0 aromatic heterocycles. The zero-order valence-corrected chi connectivity index (χ0v) is 12.2. The largest absolute Gasteiger partial charge is 0.368 e. The molecule has 1 fully saturated rings. The molecular weight excluding hydrogens is 226 g/mol. The Hall–Kier alpha value is -0.610. The average molecular weight is 255 g/mol. The summed E-state index contributed by atoms with van der Waals surface area (Å²) in [5, 5.41) is 3.24. The van der Waals surface area contributed by atoms with Gasteiger partial charge in [-0.25, -0.2) is 0 Å². The van der Waals surface area contributed by atoms with Crippen LogP contribution in [0.15, 0.2) is 0 Å². The molecule has 1 aliphatic rings. The van der Waals surface area contributed by atoms with Gasteiger partial charge in [0.2, 0.25) is 5.91 Å². The summed E-state index contributed by atoms with van der Waals surface area (Å²) in [6.07, 6.45) is 4.73. The molecule has 0 saturated carbocycles. The number of hydrogen-bond donors (Lipinski definition) is 2. The highest BCUT2D eigenvalue weighted by Gasteiger charge is 2.35. The van der Waals surface area contributed by atoms with Gasteiger partial charge in [0.1, 0.15) is 0 Å². The molecule has 18 heavy (non-hydrogen) atoms. The number of hydrogen-bond acceptors (Lipinski definition) is 3. The zero-order valence-electron chi connectivity index (χ0n) is 12.2. The molecule has 1 atom stereocenters. The molecular formula is C14H29N3O. The number of likely N-dealkylation sites (tertiary alicyclic amines) is 1. The van der Waals surface area contributed by atoms with Gasteiger partial charge in [-0.3, -0.25) is 4.79 Å². The van der Waals surface area contributed by atoms with Crippen molar-refractivity contribution in [3.8, 4) is 0 Å². The van der Waals surface area contributed by atoms with E-state index < -0.39 is 0 Å². The Bertz CT molecular complexity index is 264. The highest BCUT2D eigenvalue weighted by atomic mass is 16.1. The van der Waals surface area contributed by atoms with Crippen LogP contribution >= 0.6 is 0 Å². The fraction of sp³-hybridized carbons (Fsp3) is 0.929. The number of carbonyl (C=O) groups is 1. The van der Waals surface area contributed by atoms with Crippen LogP contribution in [-0.2, 0) is 4.79 Å². The van der Waals surface area contributed by atoms with Gasteiger partial charge in [-0.1, -0.05) is 20.8 Å². The number of rotatable bonds is 8. The van der Waals surface area contributed by atoms with Gasteiger partial charge in [0.05, 0.1) is 6.04 Å². The maximum Gasteiger partial charge on any atom is 0.235 e. The summed E-state index contributed by atoms with van der Waals surface area (Å²) < 4.78 is 0. The Morgan fingerprint density at radius 2 is 2.06 bits per heavy atom. The van der Waals surface area contributed by atoms with Gasteiger partial charge in [-0.15, -0.1) is 0 Å². The molecule has 0 aromatic carbocycles. The summed E-state index contributed by atoms with van der Waals surface area (Å²) in [7, 11) is 0. The van der Waals surface area contributed by atoms with Gasteiger partial charge in [-0.2, -0.15) is 0 Å². The van der Waals surface area contributed by atoms with Gasteiger partial charge in [0.15, 0.2) is 0 Å². The molecule has 4 nitrogen and oxygen atoms in total. The first-order chi connectivity index (χ1) is 8.56. The molecule has 1 saturated heterocycles. The topological polar surface area (TPSA) is 58.4 Å². The summed E-state index contributed by atoms with van der Waals surface area (Å²) in [6.45, 7) is 10.5. The van der Waals surface area contributed by atoms with Crippen LogP contribution in [0.2, 0.25) is 0 Å². The maximum atomic E-state index is 11.4. The van der Waals surface area contributed by atoms with Crippen molar-refractivity contribution in [1.82, 2.24) is 10.2 Å². The monoisotopic (exact) mass is 255 g/mol. The standard InChI is InChI=1S/C14H29N3O/c1-4-8-16-12(13(15)18)10-17-9-7-14(5-2,6-3)11-17/h12,16H,4-11H2,1-3H3,(H2,15,18). The normalized spacial score (nSPS) is 21.1. The maximum absolute atomic E-state index is 11.4. The van der Waals surface area contributed by atoms with Crippen LogP contribution in [0, 0.1) is 5.41 Å². The minimum absolute atomic E-state index is 0.200. The van der Waals surface area contributed by atoms with Crippen LogP contribution in [0.3, 0.4) is 0 Å². The number of carbonyl (C=O) groups excluding carboxylic acids is 1. The zero-order chi connectivity index (χ0) is 13.6. The summed E-state index contributed by atoms with van der Waals surface area (Å²) in [6, 6.07) is -0.200. The van der Waals surface area contributed by atoms with E-state index in [0.717, 1.165) is 32.6 Å². The van der Waals surface area contributed by atoms with Gasteiger partial charge in [0.25, 0.3) is 0 Å². The molecule has 1 unspecified atom stereocenters. The van der Waals surface area contributed by atoms with E-state index in [9.17, 15) is 4.79 Å². The Morgan fingerprint density at radius 3 is 2.50 bits per heavy atom. The number of nitrogens with zero attached hydrogens (tertiary/aromatic N) is 1. The molecule has 1 rings (SSSR count). The molecule has 0 radical (unpaired) electrons. The van der Waals surface area contributed by atoms with E-state index in [-0.39, 0.29) is 11.9 Å². The molecule has 4 heteroatoms. The number of nitrogens with two attached hydrogens (primary N) is 1. The molecule has 0 aliphatic carbocycles. The van der Waals surface area contributed by atoms with E-state index in [4.69, 9.17) is 5.73 Å². The molecule has 1 aliphatic heterocycles. The van der Waals surface area contributed by atoms with Crippen molar-refractivity contribution in [1.29, 1.82) is 0 Å². The second-order valence-corrected chi connectivity index (χ2v) is 5.60. The third kappa shape index (κ3) is 3.95. The summed E-state index contributed by atoms with van der Waals surface area (Å²) in [5.74, 6) is -0.228. The van der Waals surface area contributed by atoms with E-state index in [2.05, 4.69) is 31.0 Å². The van der Waals surface area contributed by atoms with E-state index in [0.29, 0.717) is 5.41 Å². The predicted molar refractivity (Wildman–Crippen MR) is 75.3 cm³/mol. The van der Waals surface area contributed by atoms with E-state index in [1.807, 2.05) is 0 Å². The van der Waals surface area contributed by atoms with Gasteiger partial charge in [-0.05, 0) is 44.2 Å². The van der Waals surface area contributed by atoms with Gasteiger partial charge >= 0.3 is 0 Å². The lowest BCUT2D eigenvalue weighted by Crippen LogP contribution is -2.49. The van der Waals surface area contributed by atoms with Crippen LogP contribution in [0.25, 0.3) is 0 Å². The lowest BCUT2D eigenvalue weighted by Gasteiger charge is -2.28. The minimum Gasteiger partial charge on any atom is -0.368 e. The van der Waals surface area contributed by atoms with Gasteiger partial charge in [0, 0.05) is 13.1 Å². The molecule has 0 bridgehead atoms. The second-order valence-electron chi connectivity index (χ2n) is 5.60. The Balaban J connectivity index is 2.48. The van der Waals surface area contributed by atoms with Crippen molar-refractivity contribution in [2.75, 3.05) is 26.2 Å². The minimum atomic E-state index is -0.228. The fourth-order valence-corrected chi connectivity index (χ4v) is 2.84. The lowest BCUT2D eigenvalue weighted by atomic mass is 9.82. The van der Waals surface area contributed by atoms with Crippen molar-refractivity contribution in [2.45, 2.75) is 52.5 Å². The molecule has 0 aromatic rings. The molecule has 1 amide bonds. The molecule has 1 heterocycles. The SMILES string of the molecule is CCCNC(CN1CCC(CC)(CC)C1)C(N)=O. The van der Waals surface area contributed by atoms with Crippen molar-refractivity contribution in [2.24, 2.45) is 11.1 Å². The van der Waals surface area contributed by atoms with Crippen molar-refractivity contribution < 1.29 is 4.79 Å². The van der Waals surface area contributed by atoms with Crippen LogP contribution in [-0.4, -0.2) is 43.0 Å². The Labute approximate surface area is 111 Å². The van der Waals surface area contributed by atoms with Crippen molar-refractivity contribution >= 4 is 5.91 Å².